The zero-order chi connectivity index (χ0) is 11.2. The van der Waals surface area contributed by atoms with Crippen LogP contribution in [0.1, 0.15) is 20.8 Å². The topological polar surface area (TPSA) is 43.6 Å². The van der Waals surface area contributed by atoms with Crippen LogP contribution in [-0.4, -0.2) is 19.5 Å². The summed E-state index contributed by atoms with van der Waals surface area (Å²) in [5.41, 5.74) is 0.617. The summed E-state index contributed by atoms with van der Waals surface area (Å²) in [5.74, 6) is 0. The van der Waals surface area contributed by atoms with Crippen molar-refractivity contribution in [1.29, 1.82) is 0 Å². The van der Waals surface area contributed by atoms with E-state index in [1.807, 2.05) is 20.8 Å². The Kier molecular flexibility index (Phi) is 2.15. The minimum absolute atomic E-state index is 0.0421. The maximum atomic E-state index is 13.0. The Bertz CT molecular complexity index is 515. The molecule has 0 saturated carbocycles. The molecule has 6 heteroatoms. The van der Waals surface area contributed by atoms with Crippen LogP contribution in [0.5, 0.6) is 0 Å². The van der Waals surface area contributed by atoms with Crippen molar-refractivity contribution in [3.05, 3.63) is 17.6 Å². The second-order valence-corrected chi connectivity index (χ2v) is 4.60. The van der Waals surface area contributed by atoms with Gasteiger partial charge in [-0.3, -0.25) is 0 Å². The number of hydrogen-bond donors (Lipinski definition) is 0. The molecule has 0 radical (unpaired) electrons. The van der Waals surface area contributed by atoms with Crippen molar-refractivity contribution in [3.63, 3.8) is 0 Å². The van der Waals surface area contributed by atoms with E-state index in [1.54, 1.807) is 10.9 Å². The van der Waals surface area contributed by atoms with Gasteiger partial charge in [0, 0.05) is 5.54 Å². The van der Waals surface area contributed by atoms with Crippen LogP contribution in [0.3, 0.4) is 0 Å². The molecule has 2 aromatic heterocycles. The highest BCUT2D eigenvalue weighted by molar-refractivity contribution is 6.33. The number of imidazole rings is 1. The van der Waals surface area contributed by atoms with Gasteiger partial charge in [0.05, 0.1) is 6.33 Å². The second-order valence-electron chi connectivity index (χ2n) is 4.24. The lowest BCUT2D eigenvalue weighted by molar-refractivity contribution is 0.404. The predicted molar refractivity (Wildman–Crippen MR) is 55.3 cm³/mol. The highest BCUT2D eigenvalue weighted by atomic mass is 35.5. The number of fused-ring (bicyclic) bond motifs is 1. The van der Waals surface area contributed by atoms with Crippen LogP contribution >= 0.6 is 11.6 Å². The van der Waals surface area contributed by atoms with E-state index in [0.717, 1.165) is 0 Å². The van der Waals surface area contributed by atoms with Gasteiger partial charge < -0.3 is 4.57 Å². The first-order valence-corrected chi connectivity index (χ1v) is 4.84. The van der Waals surface area contributed by atoms with Crippen molar-refractivity contribution in [3.8, 4) is 0 Å². The number of halogens is 2. The number of hydrogen-bond acceptors (Lipinski definition) is 3. The Morgan fingerprint density at radius 3 is 2.60 bits per heavy atom. The summed E-state index contributed by atoms with van der Waals surface area (Å²) in [5, 5.41) is 0.0421. The molecule has 0 fully saturated rings. The van der Waals surface area contributed by atoms with Crippen LogP contribution < -0.4 is 0 Å². The second kappa shape index (κ2) is 3.13. The molecule has 2 heterocycles. The average Bonchev–Trinajstić information content (AvgIpc) is 2.45. The van der Waals surface area contributed by atoms with Crippen LogP contribution in [-0.2, 0) is 5.54 Å². The zero-order valence-corrected chi connectivity index (χ0v) is 9.38. The van der Waals surface area contributed by atoms with E-state index in [4.69, 9.17) is 11.6 Å². The summed E-state index contributed by atoms with van der Waals surface area (Å²) in [7, 11) is 0. The highest BCUT2D eigenvalue weighted by Crippen LogP contribution is 2.23. The van der Waals surface area contributed by atoms with Crippen LogP contribution in [0.4, 0.5) is 4.39 Å². The van der Waals surface area contributed by atoms with Gasteiger partial charge in [-0.05, 0) is 20.8 Å². The Morgan fingerprint density at radius 2 is 2.00 bits per heavy atom. The van der Waals surface area contributed by atoms with E-state index < -0.39 is 6.08 Å². The summed E-state index contributed by atoms with van der Waals surface area (Å²) in [6.45, 7) is 5.92. The van der Waals surface area contributed by atoms with E-state index in [1.165, 1.54) is 0 Å². The van der Waals surface area contributed by atoms with Gasteiger partial charge in [-0.25, -0.2) is 4.98 Å². The first-order valence-electron chi connectivity index (χ1n) is 4.46. The third-order valence-corrected chi connectivity index (χ3v) is 2.31. The number of rotatable bonds is 0. The molecule has 2 aromatic rings. The predicted octanol–water partition coefficient (Wildman–Crippen LogP) is 2.37. The standard InChI is InChI=1S/C9H10ClFN4/c1-9(2,3)15-4-12-5-6(10)13-8(11)14-7(5)15/h4H,1-3H3. The SMILES string of the molecule is CC(C)(C)n1cnc2c(Cl)nc(F)nc21. The van der Waals surface area contributed by atoms with Crippen molar-refractivity contribution in [1.82, 2.24) is 19.5 Å². The molecule has 0 aliphatic heterocycles. The maximum absolute atomic E-state index is 13.0. The molecule has 0 N–H and O–H groups in total. The Balaban J connectivity index is 2.80. The van der Waals surface area contributed by atoms with Gasteiger partial charge in [-0.1, -0.05) is 11.6 Å². The molecule has 4 nitrogen and oxygen atoms in total. The summed E-state index contributed by atoms with van der Waals surface area (Å²) in [6, 6.07) is 0. The van der Waals surface area contributed by atoms with Gasteiger partial charge in [0.1, 0.15) is 5.52 Å². The molecule has 0 aliphatic rings. The van der Waals surface area contributed by atoms with Crippen molar-refractivity contribution >= 4 is 22.8 Å². The number of aromatic nitrogens is 4. The molecule has 0 amide bonds. The van der Waals surface area contributed by atoms with Gasteiger partial charge in [0.2, 0.25) is 0 Å². The van der Waals surface area contributed by atoms with Crippen molar-refractivity contribution < 1.29 is 4.39 Å². The quantitative estimate of drug-likeness (QED) is 0.514. The van der Waals surface area contributed by atoms with Gasteiger partial charge in [0.25, 0.3) is 0 Å². The first kappa shape index (κ1) is 10.3. The van der Waals surface area contributed by atoms with Gasteiger partial charge in [-0.2, -0.15) is 14.4 Å². The van der Waals surface area contributed by atoms with Crippen LogP contribution in [0, 0.1) is 6.08 Å². The highest BCUT2D eigenvalue weighted by Gasteiger charge is 2.19. The largest absolute Gasteiger partial charge is 0.312 e. The van der Waals surface area contributed by atoms with E-state index in [-0.39, 0.29) is 10.7 Å². The minimum atomic E-state index is -0.835. The molecule has 15 heavy (non-hydrogen) atoms. The Morgan fingerprint density at radius 1 is 1.33 bits per heavy atom. The lowest BCUT2D eigenvalue weighted by Gasteiger charge is -2.20. The third kappa shape index (κ3) is 1.67. The molecule has 80 valence electrons. The maximum Gasteiger partial charge on any atom is 0.312 e. The molecule has 0 bridgehead atoms. The lowest BCUT2D eigenvalue weighted by atomic mass is 10.1. The fraction of sp³-hybridized carbons (Fsp3) is 0.444. The molecule has 0 aliphatic carbocycles. The summed E-state index contributed by atoms with van der Waals surface area (Å²) in [4.78, 5) is 11.2. The average molecular weight is 229 g/mol. The lowest BCUT2D eigenvalue weighted by Crippen LogP contribution is -2.21. The van der Waals surface area contributed by atoms with Gasteiger partial charge in [0.15, 0.2) is 10.8 Å². The minimum Gasteiger partial charge on any atom is -0.310 e. The van der Waals surface area contributed by atoms with E-state index in [2.05, 4.69) is 15.0 Å². The van der Waals surface area contributed by atoms with E-state index in [9.17, 15) is 4.39 Å². The van der Waals surface area contributed by atoms with Gasteiger partial charge >= 0.3 is 6.08 Å². The first-order chi connectivity index (χ1) is 6.89. The van der Waals surface area contributed by atoms with Crippen LogP contribution in [0.15, 0.2) is 6.33 Å². The molecular weight excluding hydrogens is 219 g/mol. The molecule has 0 aromatic carbocycles. The zero-order valence-electron chi connectivity index (χ0n) is 8.62. The molecule has 0 spiro atoms. The van der Waals surface area contributed by atoms with Gasteiger partial charge in [-0.15, -0.1) is 0 Å². The van der Waals surface area contributed by atoms with Crippen LogP contribution in [0.2, 0.25) is 5.15 Å². The molecule has 0 atom stereocenters. The van der Waals surface area contributed by atoms with Crippen LogP contribution in [0.25, 0.3) is 11.2 Å². The normalized spacial score (nSPS) is 12.3. The molecule has 2 rings (SSSR count). The molecule has 0 unspecified atom stereocenters. The fourth-order valence-corrected chi connectivity index (χ4v) is 1.53. The van der Waals surface area contributed by atoms with E-state index in [0.29, 0.717) is 11.2 Å². The summed E-state index contributed by atoms with van der Waals surface area (Å²) >= 11 is 5.76. The number of nitrogens with zero attached hydrogens (tertiary/aromatic N) is 4. The van der Waals surface area contributed by atoms with Crippen molar-refractivity contribution in [2.75, 3.05) is 0 Å². The van der Waals surface area contributed by atoms with E-state index >= 15 is 0 Å². The Hall–Kier alpha value is -1.23. The molecule has 0 saturated heterocycles. The fourth-order valence-electron chi connectivity index (χ4n) is 1.33. The van der Waals surface area contributed by atoms with Crippen molar-refractivity contribution in [2.45, 2.75) is 26.3 Å². The smallest absolute Gasteiger partial charge is 0.310 e. The monoisotopic (exact) mass is 228 g/mol. The Labute approximate surface area is 91.1 Å². The summed E-state index contributed by atoms with van der Waals surface area (Å²) < 4.78 is 14.8. The molecular formula is C9H10ClFN4. The third-order valence-electron chi connectivity index (χ3n) is 2.05. The van der Waals surface area contributed by atoms with Crippen molar-refractivity contribution in [2.24, 2.45) is 0 Å². The summed E-state index contributed by atoms with van der Waals surface area (Å²) in [6.07, 6.45) is 0.753.